The molecule has 4 unspecified atom stereocenters. The molecule has 3 heterocycles. The molecule has 16 atom stereocenters. The van der Waals surface area contributed by atoms with Gasteiger partial charge in [-0.3, -0.25) is 37.3 Å². The number of amides is 2. The van der Waals surface area contributed by atoms with Gasteiger partial charge in [0.1, 0.15) is 42.0 Å². The summed E-state index contributed by atoms with van der Waals surface area (Å²) in [6.45, 7) is 7.45. The van der Waals surface area contributed by atoms with Crippen LogP contribution in [0.1, 0.15) is 111 Å². The zero-order chi connectivity index (χ0) is 55.1. The van der Waals surface area contributed by atoms with Crippen molar-refractivity contribution in [3.8, 4) is 0 Å². The van der Waals surface area contributed by atoms with Crippen LogP contribution in [0, 0.1) is 51.8 Å². The number of nitrogens with zero attached hydrogens (tertiary/aromatic N) is 4. The number of hydrogen-bond donors (Lipinski definition) is 10. The number of imidazole rings is 1. The summed E-state index contributed by atoms with van der Waals surface area (Å²) in [5.41, 5.74) is 4.42. The average molecular weight is 1140 g/mol. The van der Waals surface area contributed by atoms with Crippen LogP contribution in [0.3, 0.4) is 0 Å². The summed E-state index contributed by atoms with van der Waals surface area (Å²) in [4.78, 5) is 103. The highest BCUT2D eigenvalue weighted by molar-refractivity contribution is 8.13. The molecule has 0 aromatic carbocycles. The smallest absolute Gasteiger partial charge is 0.393 e. The Labute approximate surface area is 438 Å². The first-order chi connectivity index (χ1) is 34.9. The lowest BCUT2D eigenvalue weighted by molar-refractivity contribution is -0.160. The van der Waals surface area contributed by atoms with Crippen LogP contribution in [-0.4, -0.2) is 140 Å². The first kappa shape index (κ1) is 59.8. The van der Waals surface area contributed by atoms with Gasteiger partial charge in [-0.05, 0) is 91.8 Å². The van der Waals surface area contributed by atoms with Crippen molar-refractivity contribution >= 4 is 74.9 Å². The Balaban J connectivity index is 0.778. The van der Waals surface area contributed by atoms with Crippen molar-refractivity contribution in [2.75, 3.05) is 37.8 Å². The minimum absolute atomic E-state index is 0.0253. The lowest BCUT2D eigenvalue weighted by Crippen LogP contribution is -2.57. The lowest BCUT2D eigenvalue weighted by atomic mass is 9.44. The first-order valence-corrected chi connectivity index (χ1v) is 30.7. The fourth-order valence-electron chi connectivity index (χ4n) is 12.8. The number of Topliss-reactive ketones (excluding diaryl/α,β-unsaturated/α-hetero) is 1. The van der Waals surface area contributed by atoms with Gasteiger partial charge in [-0.15, -0.1) is 0 Å². The Kier molecular flexibility index (Phi) is 18.7. The van der Waals surface area contributed by atoms with Gasteiger partial charge in [-0.2, -0.15) is 4.31 Å². The fraction of sp³-hybridized carbons (Fsp3) is 0.800. The molecule has 2 aromatic rings. The van der Waals surface area contributed by atoms with Crippen LogP contribution >= 0.6 is 35.2 Å². The number of anilines is 1. The van der Waals surface area contributed by atoms with Gasteiger partial charge in [0, 0.05) is 49.4 Å². The van der Waals surface area contributed by atoms with Gasteiger partial charge in [-0.1, -0.05) is 46.4 Å². The second-order valence-corrected chi connectivity index (χ2v) is 27.5. The first-order valence-electron chi connectivity index (χ1n) is 25.2. The van der Waals surface area contributed by atoms with Gasteiger partial charge in [0.2, 0.25) is 11.8 Å². The number of ketones is 1. The van der Waals surface area contributed by atoms with E-state index in [4.69, 9.17) is 19.5 Å². The second kappa shape index (κ2) is 23.5. The number of hydrogen-bond acceptors (Lipinski definition) is 20. The van der Waals surface area contributed by atoms with Crippen LogP contribution in [0.15, 0.2) is 12.7 Å². The molecule has 0 spiro atoms. The van der Waals surface area contributed by atoms with Crippen molar-refractivity contribution in [1.82, 2.24) is 30.2 Å². The quantitative estimate of drug-likeness (QED) is 0.0564. The summed E-state index contributed by atoms with van der Waals surface area (Å²) in [5, 5.41) is 37.2. The highest BCUT2D eigenvalue weighted by Crippen LogP contribution is 2.68. The molecule has 2 aromatic heterocycles. The molecule has 30 heteroatoms. The standard InChI is InChI=1S/C45H72N7O19P3S/c1-24(27-7-8-28-34-29(11-14-45(27,28)5)44(4)13-10-26(53)18-25(44)19-30(34)54)6-9-33(56)75-17-16-47-32(55)12-15-48-41(59)38(58)43(2,3)21-68-74(65,66)71-73(63,64)67-20-31-37(70-72(60,61)62)36(57)42(69-31)52-23-51-35-39(46)49-22-50-40(35)52/h22-29,31,34,36-38,42,53,57-58H,6-21H2,1-5H3,(H,47,55)(H,48,59)(H,63,64)(H,65,66)(H2,46,49,50)(H2,60,61,62)/t24?,25-,26+,27+,28-,29-,31+,34-,36+,37+,38?,42+,44-,45+/m0/s1. The summed E-state index contributed by atoms with van der Waals surface area (Å²) in [7, 11) is -16.5. The van der Waals surface area contributed by atoms with E-state index in [9.17, 15) is 67.8 Å². The van der Waals surface area contributed by atoms with E-state index in [2.05, 4.69) is 55.2 Å². The molecular weight excluding hydrogens is 1070 g/mol. The van der Waals surface area contributed by atoms with Crippen LogP contribution < -0.4 is 16.4 Å². The lowest BCUT2D eigenvalue weighted by Gasteiger charge is -2.60. The molecule has 2 amide bonds. The maximum Gasteiger partial charge on any atom is 0.481 e. The number of nitrogen functional groups attached to an aromatic ring is 1. The Hall–Kier alpha value is -2.81. The minimum Gasteiger partial charge on any atom is -0.393 e. The number of carbonyl (C=O) groups excluding carboxylic acids is 4. The van der Waals surface area contributed by atoms with E-state index in [0.29, 0.717) is 48.0 Å². The van der Waals surface area contributed by atoms with Crippen molar-refractivity contribution < 1.29 is 90.4 Å². The molecule has 0 bridgehead atoms. The SMILES string of the molecule is CC(CCC(=O)SCCNC(=O)CCNC(=O)C(O)C(C)(C)COP(=O)(O)OP(=O)(O)OC[C@H]1O[C@@H](n2cnc3c(N)ncnc32)[C@H](O)[C@@H]1OP(=O)(O)O)[C@H]1CC[C@H]2[C@@H]3C(=O)C[C@@H]4C[C@H](O)CC[C@]4(C)[C@H]3CC[C@]12C. The summed E-state index contributed by atoms with van der Waals surface area (Å²) >= 11 is 1.14. The average Bonchev–Trinajstić information content (AvgIpc) is 4.01. The zero-order valence-electron chi connectivity index (χ0n) is 42.5. The number of thioether (sulfide) groups is 1. The van der Waals surface area contributed by atoms with Crippen LogP contribution in [0.2, 0.25) is 0 Å². The summed E-state index contributed by atoms with van der Waals surface area (Å²) in [5.74, 6) is 1.09. The number of nitrogens with two attached hydrogens (primary N) is 1. The van der Waals surface area contributed by atoms with Crippen molar-refractivity contribution in [3.05, 3.63) is 12.7 Å². The maximum atomic E-state index is 13.8. The predicted octanol–water partition coefficient (Wildman–Crippen LogP) is 3.28. The Morgan fingerprint density at radius 1 is 0.960 bits per heavy atom. The number of aliphatic hydroxyl groups is 3. The highest BCUT2D eigenvalue weighted by atomic mass is 32.2. The molecule has 4 aliphatic carbocycles. The van der Waals surface area contributed by atoms with Gasteiger partial charge in [-0.25, -0.2) is 28.6 Å². The van der Waals surface area contributed by atoms with Crippen molar-refractivity contribution in [2.45, 2.75) is 142 Å². The number of carbonyl (C=O) groups is 4. The largest absolute Gasteiger partial charge is 0.481 e. The molecule has 1 aliphatic heterocycles. The summed E-state index contributed by atoms with van der Waals surface area (Å²) < 4.78 is 62.7. The summed E-state index contributed by atoms with van der Waals surface area (Å²) in [6, 6.07) is 0. The third-order valence-electron chi connectivity index (χ3n) is 16.8. The number of rotatable bonds is 23. The zero-order valence-corrected chi connectivity index (χ0v) is 46.0. The predicted molar refractivity (Wildman–Crippen MR) is 267 cm³/mol. The van der Waals surface area contributed by atoms with Crippen LogP contribution in [0.4, 0.5) is 5.82 Å². The molecular formula is C45H72N7O19P3S. The van der Waals surface area contributed by atoms with Crippen LogP contribution in [-0.2, 0) is 55.5 Å². The third-order valence-corrected chi connectivity index (χ3v) is 20.8. The molecule has 1 saturated heterocycles. The molecule has 26 nitrogen and oxygen atoms in total. The molecule has 7 rings (SSSR count). The molecule has 75 heavy (non-hydrogen) atoms. The number of ether oxygens (including phenoxy) is 1. The second-order valence-electron chi connectivity index (χ2n) is 22.1. The molecule has 0 radical (unpaired) electrons. The minimum atomic E-state index is -5.60. The number of aliphatic hydroxyl groups excluding tert-OH is 3. The molecule has 422 valence electrons. The monoisotopic (exact) mass is 1140 g/mol. The molecule has 11 N–H and O–H groups in total. The Morgan fingerprint density at radius 3 is 2.37 bits per heavy atom. The van der Waals surface area contributed by atoms with Crippen molar-refractivity contribution in [2.24, 2.45) is 51.8 Å². The van der Waals surface area contributed by atoms with E-state index in [1.54, 1.807) is 0 Å². The third kappa shape index (κ3) is 13.8. The van der Waals surface area contributed by atoms with Gasteiger partial charge in [0.25, 0.3) is 0 Å². The van der Waals surface area contributed by atoms with E-state index >= 15 is 0 Å². The molecule has 4 saturated carbocycles. The van der Waals surface area contributed by atoms with Gasteiger partial charge in [0.05, 0.1) is 25.6 Å². The number of nitrogens with one attached hydrogen (secondary N) is 2. The van der Waals surface area contributed by atoms with E-state index in [0.717, 1.165) is 80.4 Å². The van der Waals surface area contributed by atoms with Crippen LogP contribution in [0.5, 0.6) is 0 Å². The maximum absolute atomic E-state index is 13.8. The van der Waals surface area contributed by atoms with E-state index in [-0.39, 0.29) is 70.4 Å². The van der Waals surface area contributed by atoms with Crippen molar-refractivity contribution in [1.29, 1.82) is 0 Å². The van der Waals surface area contributed by atoms with E-state index in [1.165, 1.54) is 13.8 Å². The number of phosphoric acid groups is 3. The van der Waals surface area contributed by atoms with E-state index in [1.807, 2.05) is 0 Å². The van der Waals surface area contributed by atoms with E-state index < -0.39 is 84.6 Å². The normalized spacial score (nSPS) is 33.4. The van der Waals surface area contributed by atoms with Gasteiger partial charge in [0.15, 0.2) is 22.8 Å². The number of phosphoric ester groups is 3. The van der Waals surface area contributed by atoms with Gasteiger partial charge < -0.3 is 56.0 Å². The highest BCUT2D eigenvalue weighted by Gasteiger charge is 2.63. The Morgan fingerprint density at radius 2 is 1.65 bits per heavy atom. The van der Waals surface area contributed by atoms with Gasteiger partial charge >= 0.3 is 23.5 Å². The summed E-state index contributed by atoms with van der Waals surface area (Å²) in [6.07, 6.45) is 1.16. The molecule has 5 aliphatic rings. The topological polar surface area (TPSA) is 401 Å². The fourth-order valence-corrected chi connectivity index (χ4v) is 16.3. The van der Waals surface area contributed by atoms with Crippen LogP contribution in [0.25, 0.3) is 11.2 Å². The number of aromatic nitrogens is 4. The molecule has 5 fully saturated rings. The Bertz CT molecular complexity index is 2580. The number of fused-ring (bicyclic) bond motifs is 6. The van der Waals surface area contributed by atoms with Crippen molar-refractivity contribution in [3.63, 3.8) is 0 Å².